The molecule has 0 spiro atoms. The van der Waals surface area contributed by atoms with Crippen molar-refractivity contribution in [2.45, 2.75) is 39.5 Å². The van der Waals surface area contributed by atoms with Crippen LogP contribution in [-0.4, -0.2) is 12.6 Å². The number of aryl methyl sites for hydroxylation is 1. The first-order valence-electron chi connectivity index (χ1n) is 6.94. The van der Waals surface area contributed by atoms with E-state index in [2.05, 4.69) is 13.0 Å². The Kier molecular flexibility index (Phi) is 4.97. The molecule has 0 N–H and O–H groups in total. The third kappa shape index (κ3) is 3.57. The highest BCUT2D eigenvalue weighted by Crippen LogP contribution is 2.28. The number of rotatable bonds is 6. The molecule has 0 saturated carbocycles. The Morgan fingerprint density at radius 1 is 1.21 bits per heavy atom. The molecule has 1 aromatic heterocycles. The van der Waals surface area contributed by atoms with Gasteiger partial charge in [-0.15, -0.1) is 11.3 Å². The fourth-order valence-corrected chi connectivity index (χ4v) is 3.20. The Labute approximate surface area is 118 Å². The maximum Gasteiger partial charge on any atom is 0.338 e. The minimum atomic E-state index is -0.233. The molecule has 0 saturated heterocycles. The maximum absolute atomic E-state index is 11.7. The molecule has 1 heterocycles. The number of ether oxygens (including phenoxy) is 1. The van der Waals surface area contributed by atoms with E-state index in [1.165, 1.54) is 28.8 Å². The molecule has 0 radical (unpaired) electrons. The lowest BCUT2D eigenvalue weighted by Gasteiger charge is -2.00. The number of benzene rings is 1. The Morgan fingerprint density at radius 2 is 2.05 bits per heavy atom. The van der Waals surface area contributed by atoms with Gasteiger partial charge in [-0.3, -0.25) is 0 Å². The highest BCUT2D eigenvalue weighted by atomic mass is 32.1. The molecule has 0 bridgehead atoms. The molecule has 2 aromatic rings. The number of fused-ring (bicyclic) bond motifs is 1. The summed E-state index contributed by atoms with van der Waals surface area (Å²) >= 11 is 1.83. The minimum absolute atomic E-state index is 0.233. The van der Waals surface area contributed by atoms with Gasteiger partial charge in [0.1, 0.15) is 0 Å². The van der Waals surface area contributed by atoms with Crippen LogP contribution in [0.3, 0.4) is 0 Å². The van der Waals surface area contributed by atoms with E-state index < -0.39 is 0 Å². The van der Waals surface area contributed by atoms with E-state index in [0.717, 1.165) is 11.8 Å². The minimum Gasteiger partial charge on any atom is -0.462 e. The van der Waals surface area contributed by atoms with Crippen LogP contribution >= 0.6 is 11.3 Å². The van der Waals surface area contributed by atoms with Crippen LogP contribution in [0.1, 0.15) is 48.3 Å². The van der Waals surface area contributed by atoms with Crippen molar-refractivity contribution in [3.8, 4) is 0 Å². The van der Waals surface area contributed by atoms with E-state index >= 15 is 0 Å². The molecular weight excluding hydrogens is 256 g/mol. The number of hydrogen-bond donors (Lipinski definition) is 0. The predicted octanol–water partition coefficient (Wildman–Crippen LogP) is 4.81. The predicted molar refractivity (Wildman–Crippen MR) is 81.0 cm³/mol. The summed E-state index contributed by atoms with van der Waals surface area (Å²) in [5, 5.41) is 1.15. The Hall–Kier alpha value is -1.35. The Bertz CT molecular complexity index is 557. The first kappa shape index (κ1) is 14.1. The van der Waals surface area contributed by atoms with Crippen molar-refractivity contribution >= 4 is 27.4 Å². The molecule has 1 aromatic carbocycles. The third-order valence-electron chi connectivity index (χ3n) is 3.11. The largest absolute Gasteiger partial charge is 0.462 e. The van der Waals surface area contributed by atoms with Gasteiger partial charge in [0.25, 0.3) is 0 Å². The average molecular weight is 276 g/mol. The van der Waals surface area contributed by atoms with Gasteiger partial charge < -0.3 is 4.74 Å². The van der Waals surface area contributed by atoms with Crippen LogP contribution in [0.5, 0.6) is 0 Å². The van der Waals surface area contributed by atoms with Gasteiger partial charge in [-0.25, -0.2) is 4.79 Å². The van der Waals surface area contributed by atoms with Crippen LogP contribution in [0.4, 0.5) is 0 Å². The van der Waals surface area contributed by atoms with Gasteiger partial charge >= 0.3 is 5.97 Å². The smallest absolute Gasteiger partial charge is 0.338 e. The summed E-state index contributed by atoms with van der Waals surface area (Å²) in [6, 6.07) is 8.02. The van der Waals surface area contributed by atoms with E-state index in [4.69, 9.17) is 4.74 Å². The van der Waals surface area contributed by atoms with E-state index in [-0.39, 0.29) is 5.97 Å². The van der Waals surface area contributed by atoms with Crippen LogP contribution in [0, 0.1) is 0 Å². The van der Waals surface area contributed by atoms with Gasteiger partial charge in [0.15, 0.2) is 0 Å². The molecule has 0 amide bonds. The van der Waals surface area contributed by atoms with Crippen LogP contribution in [0.15, 0.2) is 24.3 Å². The van der Waals surface area contributed by atoms with Crippen molar-refractivity contribution in [1.29, 1.82) is 0 Å². The molecule has 3 heteroatoms. The zero-order valence-corrected chi connectivity index (χ0v) is 12.4. The van der Waals surface area contributed by atoms with Crippen molar-refractivity contribution in [1.82, 2.24) is 0 Å². The summed E-state index contributed by atoms with van der Waals surface area (Å²) in [6.07, 6.45) is 4.91. The molecule has 0 fully saturated rings. The fourth-order valence-electron chi connectivity index (χ4n) is 2.11. The molecule has 0 atom stereocenters. The molecule has 0 aliphatic rings. The second-order valence-electron chi connectivity index (χ2n) is 4.64. The first-order chi connectivity index (χ1) is 9.24. The van der Waals surface area contributed by atoms with Gasteiger partial charge in [0.05, 0.1) is 12.2 Å². The van der Waals surface area contributed by atoms with E-state index in [1.54, 1.807) is 0 Å². The van der Waals surface area contributed by atoms with Crippen molar-refractivity contribution < 1.29 is 9.53 Å². The summed E-state index contributed by atoms with van der Waals surface area (Å²) in [4.78, 5) is 13.1. The Morgan fingerprint density at radius 3 is 2.79 bits per heavy atom. The molecule has 2 rings (SSSR count). The standard InChI is InChI=1S/C16H20O2S/c1-3-5-6-7-14-11-13-10-12(16(17)18-4-2)8-9-15(13)19-14/h8-11H,3-7H2,1-2H3. The third-order valence-corrected chi connectivity index (χ3v) is 4.28. The second kappa shape index (κ2) is 6.71. The van der Waals surface area contributed by atoms with Gasteiger partial charge in [-0.2, -0.15) is 0 Å². The van der Waals surface area contributed by atoms with Crippen LogP contribution < -0.4 is 0 Å². The van der Waals surface area contributed by atoms with Gasteiger partial charge in [-0.05, 0) is 49.4 Å². The van der Waals surface area contributed by atoms with E-state index in [0.29, 0.717) is 12.2 Å². The van der Waals surface area contributed by atoms with E-state index in [1.807, 2.05) is 36.5 Å². The second-order valence-corrected chi connectivity index (χ2v) is 5.81. The lowest BCUT2D eigenvalue weighted by Crippen LogP contribution is -2.03. The lowest BCUT2D eigenvalue weighted by atomic mass is 10.1. The Balaban J connectivity index is 2.16. The van der Waals surface area contributed by atoms with Gasteiger partial charge in [-0.1, -0.05) is 19.8 Å². The number of esters is 1. The molecule has 102 valence electrons. The van der Waals surface area contributed by atoms with Crippen LogP contribution in [0.25, 0.3) is 10.1 Å². The number of carbonyl (C=O) groups excluding carboxylic acids is 1. The molecular formula is C16H20O2S. The number of unbranched alkanes of at least 4 members (excludes halogenated alkanes) is 2. The topological polar surface area (TPSA) is 26.3 Å². The van der Waals surface area contributed by atoms with Gasteiger partial charge in [0, 0.05) is 9.58 Å². The van der Waals surface area contributed by atoms with Crippen LogP contribution in [-0.2, 0) is 11.2 Å². The molecule has 0 aliphatic heterocycles. The van der Waals surface area contributed by atoms with Crippen LogP contribution in [0.2, 0.25) is 0 Å². The average Bonchev–Trinajstić information content (AvgIpc) is 2.81. The van der Waals surface area contributed by atoms with Crippen molar-refractivity contribution in [2.75, 3.05) is 6.61 Å². The van der Waals surface area contributed by atoms with E-state index in [9.17, 15) is 4.79 Å². The molecule has 19 heavy (non-hydrogen) atoms. The van der Waals surface area contributed by atoms with Crippen molar-refractivity contribution in [2.24, 2.45) is 0 Å². The lowest BCUT2D eigenvalue weighted by molar-refractivity contribution is 0.0526. The quantitative estimate of drug-likeness (QED) is 0.559. The molecule has 0 unspecified atom stereocenters. The number of thiophene rings is 1. The maximum atomic E-state index is 11.7. The highest BCUT2D eigenvalue weighted by molar-refractivity contribution is 7.19. The monoisotopic (exact) mass is 276 g/mol. The van der Waals surface area contributed by atoms with Gasteiger partial charge in [0.2, 0.25) is 0 Å². The first-order valence-corrected chi connectivity index (χ1v) is 7.75. The summed E-state index contributed by atoms with van der Waals surface area (Å²) in [5.74, 6) is -0.233. The fraction of sp³-hybridized carbons (Fsp3) is 0.438. The van der Waals surface area contributed by atoms with Crippen molar-refractivity contribution in [3.05, 3.63) is 34.7 Å². The SMILES string of the molecule is CCCCCc1cc2cc(C(=O)OCC)ccc2s1. The zero-order chi connectivity index (χ0) is 13.7. The molecule has 0 aliphatic carbocycles. The summed E-state index contributed by atoms with van der Waals surface area (Å²) in [7, 11) is 0. The normalized spacial score (nSPS) is 10.8. The summed E-state index contributed by atoms with van der Waals surface area (Å²) in [5.41, 5.74) is 0.646. The summed E-state index contributed by atoms with van der Waals surface area (Å²) in [6.45, 7) is 4.46. The number of carbonyl (C=O) groups is 1. The number of hydrogen-bond acceptors (Lipinski definition) is 3. The molecule has 2 nitrogen and oxygen atoms in total. The summed E-state index contributed by atoms with van der Waals surface area (Å²) < 4.78 is 6.28. The highest BCUT2D eigenvalue weighted by Gasteiger charge is 2.09. The zero-order valence-electron chi connectivity index (χ0n) is 11.6. The van der Waals surface area contributed by atoms with Crippen molar-refractivity contribution in [3.63, 3.8) is 0 Å².